The smallest absolute Gasteiger partial charge is 0.460 e. The van der Waals surface area contributed by atoms with Gasteiger partial charge in [-0.2, -0.15) is 0 Å². The second-order valence-electron chi connectivity index (χ2n) is 12.9. The van der Waals surface area contributed by atoms with Crippen LogP contribution in [-0.2, 0) is 32.1 Å². The van der Waals surface area contributed by atoms with Gasteiger partial charge in [0, 0.05) is 35.4 Å². The average molecular weight is 538 g/mol. The molecule has 3 saturated carbocycles. The highest BCUT2D eigenvalue weighted by atomic mass is 16.5. The lowest BCUT2D eigenvalue weighted by Gasteiger charge is -2.61. The summed E-state index contributed by atoms with van der Waals surface area (Å²) in [5, 5.41) is 25.1. The van der Waals surface area contributed by atoms with Crippen molar-refractivity contribution in [2.45, 2.75) is 85.2 Å². The normalized spacial score (nSPS) is 39.4. The highest BCUT2D eigenvalue weighted by molar-refractivity contribution is 6.62. The van der Waals surface area contributed by atoms with Crippen LogP contribution in [0.2, 0.25) is 0 Å². The van der Waals surface area contributed by atoms with Gasteiger partial charge in [-0.25, -0.2) is 0 Å². The van der Waals surface area contributed by atoms with Crippen LogP contribution in [0.5, 0.6) is 0 Å². The number of benzene rings is 1. The van der Waals surface area contributed by atoms with Crippen LogP contribution in [0.4, 0.5) is 5.69 Å². The molecule has 5 N–H and O–H groups in total. The van der Waals surface area contributed by atoms with Crippen LogP contribution >= 0.6 is 0 Å². The Hall–Kier alpha value is -2.20. The van der Waals surface area contributed by atoms with Gasteiger partial charge in [-0.15, -0.1) is 6.58 Å². The van der Waals surface area contributed by atoms with E-state index in [9.17, 15) is 19.7 Å². The van der Waals surface area contributed by atoms with Crippen LogP contribution in [-0.4, -0.2) is 47.8 Å². The van der Waals surface area contributed by atoms with Crippen molar-refractivity contribution in [1.82, 2.24) is 0 Å². The second-order valence-corrected chi connectivity index (χ2v) is 12.9. The van der Waals surface area contributed by atoms with E-state index in [0.717, 1.165) is 24.8 Å². The summed E-state index contributed by atoms with van der Waals surface area (Å²) < 4.78 is 11.7. The second kappa shape index (κ2) is 10.0. The summed E-state index contributed by atoms with van der Waals surface area (Å²) in [7, 11) is -1.04. The third-order valence-electron chi connectivity index (χ3n) is 11.3. The first-order chi connectivity index (χ1) is 18.4. The van der Waals surface area contributed by atoms with Gasteiger partial charge in [0.15, 0.2) is 0 Å². The van der Waals surface area contributed by atoms with Crippen molar-refractivity contribution in [2.24, 2.45) is 39.7 Å². The molecule has 5 rings (SSSR count). The van der Waals surface area contributed by atoms with E-state index >= 15 is 0 Å². The Labute approximate surface area is 231 Å². The first-order valence-electron chi connectivity index (χ1n) is 14.3. The van der Waals surface area contributed by atoms with Gasteiger partial charge in [0.2, 0.25) is 0 Å². The maximum atomic E-state index is 13.6. The summed E-state index contributed by atoms with van der Waals surface area (Å²) in [6.45, 7) is 12.9. The molecule has 39 heavy (non-hydrogen) atoms. The summed E-state index contributed by atoms with van der Waals surface area (Å²) in [6, 6.07) is 3.70. The highest BCUT2D eigenvalue weighted by Gasteiger charge is 2.68. The molecular weight excluding hydrogens is 495 g/mol. The largest absolute Gasteiger partial charge is 0.492 e. The van der Waals surface area contributed by atoms with Crippen molar-refractivity contribution in [3.8, 4) is 0 Å². The van der Waals surface area contributed by atoms with Gasteiger partial charge in [-0.3, -0.25) is 9.59 Å². The molecule has 8 nitrogen and oxygen atoms in total. The van der Waals surface area contributed by atoms with Crippen LogP contribution in [0.25, 0.3) is 0 Å². The van der Waals surface area contributed by atoms with E-state index in [2.05, 4.69) is 32.7 Å². The van der Waals surface area contributed by atoms with E-state index in [1.165, 1.54) is 0 Å². The minimum atomic E-state index is -1.04. The minimum Gasteiger partial charge on any atom is -0.460 e. The number of nitrogens with two attached hydrogens (primary N) is 1. The van der Waals surface area contributed by atoms with Crippen molar-refractivity contribution in [3.63, 3.8) is 0 Å². The zero-order valence-electron chi connectivity index (χ0n) is 23.7. The number of aliphatic hydroxyl groups is 1. The predicted molar refractivity (Wildman–Crippen MR) is 150 cm³/mol. The number of ketones is 1. The van der Waals surface area contributed by atoms with Crippen molar-refractivity contribution in [3.05, 3.63) is 35.9 Å². The lowest BCUT2D eigenvalue weighted by atomic mass is 9.44. The highest BCUT2D eigenvalue weighted by Crippen LogP contribution is 2.68. The Morgan fingerprint density at radius 1 is 1.33 bits per heavy atom. The molecule has 9 heteroatoms. The van der Waals surface area contributed by atoms with E-state index in [0.29, 0.717) is 36.2 Å². The van der Waals surface area contributed by atoms with Crippen LogP contribution in [0, 0.1) is 34.0 Å². The number of hydrogen-bond donors (Lipinski definition) is 4. The van der Waals surface area contributed by atoms with Crippen LogP contribution < -0.4 is 16.5 Å². The molecule has 3 aliphatic carbocycles. The SMILES string of the molecule is C=C[C@]1(C)C[C@@H](OC(=O)CNc2ccc3c(c2CN)B(O)OC3)[C@]2(C)[C@H](C)CC[C@]3(CCC(=O)[C@H]32)[C@@H](C)[C@@H]1O. The van der Waals surface area contributed by atoms with Gasteiger partial charge in [-0.1, -0.05) is 39.8 Å². The fraction of sp³-hybridized carbons (Fsp3) is 0.667. The molecule has 1 aromatic rings. The van der Waals surface area contributed by atoms with Crippen LogP contribution in [0.3, 0.4) is 0 Å². The van der Waals surface area contributed by atoms with Gasteiger partial charge in [-0.05, 0) is 65.6 Å². The molecule has 0 amide bonds. The molecule has 1 aromatic carbocycles. The third kappa shape index (κ3) is 4.19. The summed E-state index contributed by atoms with van der Waals surface area (Å²) in [5.41, 5.74) is 7.35. The Morgan fingerprint density at radius 3 is 2.77 bits per heavy atom. The lowest BCUT2D eigenvalue weighted by molar-refractivity contribution is -0.205. The van der Waals surface area contributed by atoms with Crippen molar-refractivity contribution >= 4 is 30.0 Å². The number of Topliss-reactive ketones (excluding diaryl/α,β-unsaturated/α-hetero) is 1. The summed E-state index contributed by atoms with van der Waals surface area (Å²) in [5.74, 6) is -0.376. The molecule has 212 valence electrons. The molecule has 4 aliphatic rings. The standard InChI is InChI=1S/C30H43BN2O6/c1-6-28(4)13-23(29(5)17(2)9-11-30(18(3)27(28)36)12-10-22(34)26(29)30)39-24(35)15-33-21-8-7-19-16-38-31(37)25(19)20(21)14-32/h6-8,17-18,23,26-27,33,36-37H,1,9-16,32H2,2-5H3/t17-,18+,23-,26+,27+,28-,29+,30+/m1/s1. The van der Waals surface area contributed by atoms with Crippen molar-refractivity contribution < 1.29 is 29.1 Å². The zero-order chi connectivity index (χ0) is 28.3. The summed E-state index contributed by atoms with van der Waals surface area (Å²) in [4.78, 5) is 27.0. The van der Waals surface area contributed by atoms with Crippen LogP contribution in [0.1, 0.15) is 70.9 Å². The number of ether oxygens (including phenoxy) is 1. The number of rotatable bonds is 6. The number of aliphatic hydroxyl groups excluding tert-OH is 1. The quantitative estimate of drug-likeness (QED) is 0.247. The minimum absolute atomic E-state index is 0.0732. The number of esters is 1. The van der Waals surface area contributed by atoms with E-state index < -0.39 is 36.1 Å². The number of fused-ring (bicyclic) bond motifs is 1. The molecule has 8 atom stereocenters. The Kier molecular flexibility index (Phi) is 7.28. The fourth-order valence-electron chi connectivity index (χ4n) is 8.65. The van der Waals surface area contributed by atoms with Gasteiger partial charge in [0.25, 0.3) is 0 Å². The first-order valence-corrected chi connectivity index (χ1v) is 14.3. The Balaban J connectivity index is 1.45. The van der Waals surface area contributed by atoms with E-state index in [-0.39, 0.29) is 42.0 Å². The number of anilines is 1. The molecule has 0 saturated heterocycles. The molecular formula is C30H43BN2O6. The maximum absolute atomic E-state index is 13.6. The molecule has 3 fully saturated rings. The predicted octanol–water partition coefficient (Wildman–Crippen LogP) is 2.68. The number of hydrogen-bond acceptors (Lipinski definition) is 8. The molecule has 2 bridgehead atoms. The maximum Gasteiger partial charge on any atom is 0.492 e. The molecule has 0 aromatic heterocycles. The topological polar surface area (TPSA) is 131 Å². The average Bonchev–Trinajstić information content (AvgIpc) is 3.48. The van der Waals surface area contributed by atoms with E-state index in [1.807, 2.05) is 19.1 Å². The molecule has 0 radical (unpaired) electrons. The van der Waals surface area contributed by atoms with Crippen molar-refractivity contribution in [2.75, 3.05) is 11.9 Å². The summed E-state index contributed by atoms with van der Waals surface area (Å²) >= 11 is 0. The van der Waals surface area contributed by atoms with Gasteiger partial charge < -0.3 is 30.6 Å². The molecule has 1 aliphatic heterocycles. The Morgan fingerprint density at radius 2 is 2.08 bits per heavy atom. The van der Waals surface area contributed by atoms with Gasteiger partial charge in [0.1, 0.15) is 18.4 Å². The van der Waals surface area contributed by atoms with E-state index in [4.69, 9.17) is 15.1 Å². The lowest BCUT2D eigenvalue weighted by Crippen LogP contribution is -2.63. The molecule has 1 heterocycles. The van der Waals surface area contributed by atoms with Gasteiger partial charge in [0.05, 0.1) is 12.7 Å². The monoisotopic (exact) mass is 538 g/mol. The fourth-order valence-corrected chi connectivity index (χ4v) is 8.65. The third-order valence-corrected chi connectivity index (χ3v) is 11.3. The zero-order valence-corrected chi connectivity index (χ0v) is 23.7. The number of carbonyl (C=O) groups is 2. The summed E-state index contributed by atoms with van der Waals surface area (Å²) in [6.07, 6.45) is 4.02. The van der Waals surface area contributed by atoms with E-state index in [1.54, 1.807) is 6.08 Å². The van der Waals surface area contributed by atoms with Gasteiger partial charge >= 0.3 is 13.1 Å². The van der Waals surface area contributed by atoms with Crippen molar-refractivity contribution in [1.29, 1.82) is 0 Å². The molecule has 0 spiro atoms. The molecule has 0 unspecified atom stereocenters. The first kappa shape index (κ1) is 28.3. The van der Waals surface area contributed by atoms with Crippen LogP contribution in [0.15, 0.2) is 24.8 Å². The number of nitrogens with one attached hydrogen (secondary N) is 1. The Bertz CT molecular complexity index is 1180. The number of carbonyl (C=O) groups excluding carboxylic acids is 2.